The Morgan fingerprint density at radius 2 is 2.00 bits per heavy atom. The molecule has 1 aromatic rings. The molecular weight excluding hydrogens is 270 g/mol. The number of carbonyl (C=O) groups excluding carboxylic acids is 2. The van der Waals surface area contributed by atoms with E-state index < -0.39 is 5.97 Å². The van der Waals surface area contributed by atoms with Crippen LogP contribution in [0.25, 0.3) is 0 Å². The highest BCUT2D eigenvalue weighted by Gasteiger charge is 2.30. The van der Waals surface area contributed by atoms with Crippen LogP contribution in [0.2, 0.25) is 0 Å². The van der Waals surface area contributed by atoms with Crippen LogP contribution >= 0.6 is 0 Å². The Bertz CT molecular complexity index is 535. The summed E-state index contributed by atoms with van der Waals surface area (Å²) >= 11 is 0. The van der Waals surface area contributed by atoms with Gasteiger partial charge in [0, 0.05) is 6.04 Å². The van der Waals surface area contributed by atoms with Crippen LogP contribution in [0.1, 0.15) is 41.6 Å². The van der Waals surface area contributed by atoms with Crippen LogP contribution in [0.3, 0.4) is 0 Å². The minimum absolute atomic E-state index is 0.0392. The standard InChI is InChI=1S/C16H21NO4/c1-11-7-8-13(14(18)9-11)16(20)17(10-15(19)21-2)12-5-3-4-6-12/h7-9,12,18H,3-6,10H2,1-2H3. The predicted molar refractivity (Wildman–Crippen MR) is 78.2 cm³/mol. The third-order valence-electron chi connectivity index (χ3n) is 3.94. The van der Waals surface area contributed by atoms with E-state index in [1.807, 2.05) is 6.92 Å². The van der Waals surface area contributed by atoms with Crippen LogP contribution in [0.5, 0.6) is 5.75 Å². The van der Waals surface area contributed by atoms with E-state index in [2.05, 4.69) is 4.74 Å². The van der Waals surface area contributed by atoms with Crippen molar-refractivity contribution >= 4 is 11.9 Å². The molecule has 114 valence electrons. The van der Waals surface area contributed by atoms with Gasteiger partial charge in [-0.3, -0.25) is 9.59 Å². The van der Waals surface area contributed by atoms with E-state index in [-0.39, 0.29) is 29.8 Å². The van der Waals surface area contributed by atoms with Crippen molar-refractivity contribution in [2.45, 2.75) is 38.6 Å². The number of rotatable bonds is 4. The largest absolute Gasteiger partial charge is 0.507 e. The zero-order valence-corrected chi connectivity index (χ0v) is 12.5. The minimum Gasteiger partial charge on any atom is -0.507 e. The van der Waals surface area contributed by atoms with Gasteiger partial charge in [0.1, 0.15) is 12.3 Å². The maximum atomic E-state index is 12.7. The maximum absolute atomic E-state index is 12.7. The molecular formula is C16H21NO4. The number of methoxy groups -OCH3 is 1. The number of nitrogens with zero attached hydrogens (tertiary/aromatic N) is 1. The first kappa shape index (κ1) is 15.4. The summed E-state index contributed by atoms with van der Waals surface area (Å²) in [5.74, 6) is -0.806. The van der Waals surface area contributed by atoms with Gasteiger partial charge < -0.3 is 14.7 Å². The molecule has 0 aliphatic heterocycles. The van der Waals surface area contributed by atoms with Crippen LogP contribution in [-0.2, 0) is 9.53 Å². The Morgan fingerprint density at radius 1 is 1.33 bits per heavy atom. The van der Waals surface area contributed by atoms with Gasteiger partial charge in [-0.1, -0.05) is 18.9 Å². The average molecular weight is 291 g/mol. The molecule has 21 heavy (non-hydrogen) atoms. The lowest BCUT2D eigenvalue weighted by Crippen LogP contribution is -2.42. The van der Waals surface area contributed by atoms with Gasteiger partial charge in [0.2, 0.25) is 0 Å². The number of phenolic OH excluding ortho intramolecular Hbond substituents is 1. The van der Waals surface area contributed by atoms with Gasteiger partial charge in [-0.15, -0.1) is 0 Å². The fraction of sp³-hybridized carbons (Fsp3) is 0.500. The third kappa shape index (κ3) is 3.54. The second kappa shape index (κ2) is 6.61. The minimum atomic E-state index is -0.443. The first-order chi connectivity index (χ1) is 10.0. The molecule has 0 heterocycles. The van der Waals surface area contributed by atoms with Crippen LogP contribution in [0.15, 0.2) is 18.2 Å². The molecule has 1 amide bonds. The number of carbonyl (C=O) groups is 2. The second-order valence-electron chi connectivity index (χ2n) is 5.47. The number of ether oxygens (including phenoxy) is 1. The number of phenols is 1. The second-order valence-corrected chi connectivity index (χ2v) is 5.47. The monoisotopic (exact) mass is 291 g/mol. The number of benzene rings is 1. The van der Waals surface area contributed by atoms with E-state index in [0.29, 0.717) is 0 Å². The van der Waals surface area contributed by atoms with Crippen molar-refractivity contribution < 1.29 is 19.4 Å². The number of esters is 1. The fourth-order valence-corrected chi connectivity index (χ4v) is 2.76. The molecule has 5 nitrogen and oxygen atoms in total. The number of amides is 1. The lowest BCUT2D eigenvalue weighted by Gasteiger charge is -2.28. The van der Waals surface area contributed by atoms with Crippen molar-refractivity contribution in [1.29, 1.82) is 0 Å². The molecule has 0 unspecified atom stereocenters. The Balaban J connectivity index is 2.26. The number of aryl methyl sites for hydroxylation is 1. The normalized spacial score (nSPS) is 15.0. The quantitative estimate of drug-likeness (QED) is 0.864. The van der Waals surface area contributed by atoms with E-state index in [0.717, 1.165) is 31.2 Å². The third-order valence-corrected chi connectivity index (χ3v) is 3.94. The summed E-state index contributed by atoms with van der Waals surface area (Å²) < 4.78 is 4.68. The van der Waals surface area contributed by atoms with Gasteiger partial charge >= 0.3 is 5.97 Å². The molecule has 0 radical (unpaired) electrons. The summed E-state index contributed by atoms with van der Waals surface area (Å²) in [6.07, 6.45) is 3.87. The van der Waals surface area contributed by atoms with E-state index in [9.17, 15) is 14.7 Å². The number of aromatic hydroxyl groups is 1. The fourth-order valence-electron chi connectivity index (χ4n) is 2.76. The molecule has 0 saturated heterocycles. The van der Waals surface area contributed by atoms with Crippen LogP contribution < -0.4 is 0 Å². The predicted octanol–water partition coefficient (Wildman–Crippen LogP) is 2.26. The molecule has 0 bridgehead atoms. The Morgan fingerprint density at radius 3 is 2.57 bits per heavy atom. The van der Waals surface area contributed by atoms with E-state index >= 15 is 0 Å². The molecule has 0 aromatic heterocycles. The molecule has 1 saturated carbocycles. The topological polar surface area (TPSA) is 66.8 Å². The summed E-state index contributed by atoms with van der Waals surface area (Å²) in [7, 11) is 1.31. The van der Waals surface area contributed by atoms with Gasteiger partial charge in [-0.25, -0.2) is 0 Å². The molecule has 1 aliphatic carbocycles. The molecule has 0 spiro atoms. The molecule has 2 rings (SSSR count). The van der Waals surface area contributed by atoms with E-state index in [1.165, 1.54) is 12.0 Å². The zero-order chi connectivity index (χ0) is 15.4. The molecule has 5 heteroatoms. The maximum Gasteiger partial charge on any atom is 0.325 e. The van der Waals surface area contributed by atoms with E-state index in [4.69, 9.17) is 0 Å². The Labute approximate surface area is 124 Å². The van der Waals surface area contributed by atoms with Crippen molar-refractivity contribution in [3.05, 3.63) is 29.3 Å². The molecule has 1 N–H and O–H groups in total. The highest BCUT2D eigenvalue weighted by Crippen LogP contribution is 2.27. The molecule has 0 atom stereocenters. The number of hydrogen-bond acceptors (Lipinski definition) is 4. The SMILES string of the molecule is COC(=O)CN(C(=O)c1ccc(C)cc1O)C1CCCC1. The summed E-state index contributed by atoms with van der Waals surface area (Å²) in [6.45, 7) is 1.77. The first-order valence-corrected chi connectivity index (χ1v) is 7.20. The Kier molecular flexibility index (Phi) is 4.83. The summed E-state index contributed by atoms with van der Waals surface area (Å²) in [5.41, 5.74) is 1.11. The van der Waals surface area contributed by atoms with Crippen molar-refractivity contribution in [2.24, 2.45) is 0 Å². The Hall–Kier alpha value is -2.04. The van der Waals surface area contributed by atoms with Crippen molar-refractivity contribution in [1.82, 2.24) is 4.90 Å². The molecule has 1 fully saturated rings. The first-order valence-electron chi connectivity index (χ1n) is 7.20. The summed E-state index contributed by atoms with van der Waals surface area (Å²) in [4.78, 5) is 25.8. The van der Waals surface area contributed by atoms with Gasteiger partial charge in [0.25, 0.3) is 5.91 Å². The summed E-state index contributed by atoms with van der Waals surface area (Å²) in [6, 6.07) is 4.97. The van der Waals surface area contributed by atoms with Crippen molar-refractivity contribution in [3.8, 4) is 5.75 Å². The number of hydrogen-bond donors (Lipinski definition) is 1. The van der Waals surface area contributed by atoms with Crippen LogP contribution in [0, 0.1) is 6.92 Å². The molecule has 1 aliphatic rings. The van der Waals surface area contributed by atoms with Crippen molar-refractivity contribution in [3.63, 3.8) is 0 Å². The highest BCUT2D eigenvalue weighted by molar-refractivity contribution is 5.98. The van der Waals surface area contributed by atoms with Crippen LogP contribution in [0.4, 0.5) is 0 Å². The van der Waals surface area contributed by atoms with Gasteiger partial charge in [0.15, 0.2) is 0 Å². The zero-order valence-electron chi connectivity index (χ0n) is 12.5. The van der Waals surface area contributed by atoms with E-state index in [1.54, 1.807) is 18.2 Å². The molecule has 1 aromatic carbocycles. The average Bonchev–Trinajstić information content (AvgIpc) is 2.97. The van der Waals surface area contributed by atoms with Gasteiger partial charge in [-0.2, -0.15) is 0 Å². The van der Waals surface area contributed by atoms with Crippen molar-refractivity contribution in [2.75, 3.05) is 13.7 Å². The van der Waals surface area contributed by atoms with Gasteiger partial charge in [0.05, 0.1) is 12.7 Å². The van der Waals surface area contributed by atoms with Crippen LogP contribution in [-0.4, -0.2) is 41.6 Å². The highest BCUT2D eigenvalue weighted by atomic mass is 16.5. The smallest absolute Gasteiger partial charge is 0.325 e. The lowest BCUT2D eigenvalue weighted by atomic mass is 10.1. The van der Waals surface area contributed by atoms with Gasteiger partial charge in [-0.05, 0) is 37.5 Å². The lowest BCUT2D eigenvalue weighted by molar-refractivity contribution is -0.141. The summed E-state index contributed by atoms with van der Waals surface area (Å²) in [5, 5.41) is 9.98.